The van der Waals surface area contributed by atoms with Crippen LogP contribution in [0.1, 0.15) is 32.6 Å². The number of hydrogen-bond donors (Lipinski definition) is 0. The van der Waals surface area contributed by atoms with Crippen molar-refractivity contribution >= 4 is 48.0 Å². The van der Waals surface area contributed by atoms with Crippen molar-refractivity contribution in [3.63, 3.8) is 0 Å². The number of aromatic nitrogens is 2. The number of piperidine rings is 1. The molecule has 0 bridgehead atoms. The summed E-state index contributed by atoms with van der Waals surface area (Å²) in [4.78, 5) is 25.1. The maximum atomic E-state index is 12.2. The zero-order chi connectivity index (χ0) is 29.2. The summed E-state index contributed by atoms with van der Waals surface area (Å²) < 4.78 is 17.7. The van der Waals surface area contributed by atoms with Gasteiger partial charge in [-0.25, -0.2) is 14.8 Å². The van der Waals surface area contributed by atoms with Crippen molar-refractivity contribution in [1.82, 2.24) is 14.9 Å². The first-order chi connectivity index (χ1) is 19.7. The van der Waals surface area contributed by atoms with E-state index in [-0.39, 0.29) is 6.09 Å². The Morgan fingerprint density at radius 1 is 1.10 bits per heavy atom. The Kier molecular flexibility index (Phi) is 11.2. The molecule has 3 heterocycles. The molecule has 0 N–H and O–H groups in total. The molecule has 0 aliphatic carbocycles. The van der Waals surface area contributed by atoms with Crippen LogP contribution in [-0.2, 0) is 9.47 Å². The number of rotatable bonds is 13. The number of nitrogens with zero attached hydrogens (tertiary/aromatic N) is 4. The number of pyridine rings is 2. The molecule has 1 aliphatic heterocycles. The Hall–Kier alpha value is -2.88. The fourth-order valence-electron chi connectivity index (χ4n) is 4.66. The highest BCUT2D eigenvalue weighted by Gasteiger charge is 2.24. The molecule has 1 amide bonds. The zero-order valence-corrected chi connectivity index (χ0v) is 26.5. The summed E-state index contributed by atoms with van der Waals surface area (Å²) in [5.41, 5.74) is 0.864. The number of hydrogen-bond acceptors (Lipinski definition) is 7. The highest BCUT2D eigenvalue weighted by Crippen LogP contribution is 2.33. The van der Waals surface area contributed by atoms with Gasteiger partial charge in [-0.15, -0.1) is 0 Å². The van der Waals surface area contributed by atoms with Gasteiger partial charge in [0.15, 0.2) is 0 Å². The third kappa shape index (κ3) is 9.31. The van der Waals surface area contributed by atoms with Gasteiger partial charge in [0.2, 0.25) is 0 Å². The molecule has 0 spiro atoms. The summed E-state index contributed by atoms with van der Waals surface area (Å²) in [6.07, 6.45) is 7.11. The average molecular weight is 599 g/mol. The van der Waals surface area contributed by atoms with Crippen LogP contribution in [0, 0.1) is 5.92 Å². The molecule has 0 atom stereocenters. The van der Waals surface area contributed by atoms with E-state index in [9.17, 15) is 4.79 Å². The van der Waals surface area contributed by atoms with Gasteiger partial charge >= 0.3 is 6.09 Å². The lowest BCUT2D eigenvalue weighted by atomic mass is 9.98. The molecule has 1 aromatic carbocycles. The summed E-state index contributed by atoms with van der Waals surface area (Å²) in [6.45, 7) is 12.7. The highest BCUT2D eigenvalue weighted by atomic mass is 35.5. The Morgan fingerprint density at radius 2 is 1.90 bits per heavy atom. The van der Waals surface area contributed by atoms with Crippen molar-refractivity contribution in [3.8, 4) is 5.75 Å². The molecule has 0 unspecified atom stereocenters. The third-order valence-corrected chi connectivity index (χ3v) is 9.22. The number of unbranched alkanes of at least 4 members (excludes halogenated alkanes) is 1. The number of likely N-dealkylation sites (tertiary alicyclic amines) is 1. The van der Waals surface area contributed by atoms with Crippen molar-refractivity contribution < 1.29 is 19.0 Å². The van der Waals surface area contributed by atoms with Crippen molar-refractivity contribution in [1.29, 1.82) is 0 Å². The first-order valence-electron chi connectivity index (χ1n) is 14.6. The van der Waals surface area contributed by atoms with Crippen LogP contribution in [0.5, 0.6) is 5.75 Å². The Balaban J connectivity index is 1.40. The number of fused-ring (bicyclic) bond motifs is 1. The van der Waals surface area contributed by atoms with Crippen LogP contribution in [0.15, 0.2) is 48.8 Å². The van der Waals surface area contributed by atoms with Crippen LogP contribution in [0.2, 0.25) is 30.8 Å². The zero-order valence-electron chi connectivity index (χ0n) is 24.8. The van der Waals surface area contributed by atoms with Crippen molar-refractivity contribution in [2.24, 2.45) is 5.92 Å². The number of amides is 1. The molecule has 10 heteroatoms. The van der Waals surface area contributed by atoms with Crippen LogP contribution in [0.3, 0.4) is 0 Å². The van der Waals surface area contributed by atoms with Crippen molar-refractivity contribution in [2.45, 2.75) is 58.3 Å². The lowest BCUT2D eigenvalue weighted by Gasteiger charge is -2.31. The smallest absolute Gasteiger partial charge is 0.409 e. The second kappa shape index (κ2) is 14.8. The Bertz CT molecular complexity index is 1260. The van der Waals surface area contributed by atoms with Crippen LogP contribution < -0.4 is 9.64 Å². The van der Waals surface area contributed by atoms with Gasteiger partial charge in [0.05, 0.1) is 25.1 Å². The minimum atomic E-state index is -1.21. The minimum absolute atomic E-state index is 0.193. The summed E-state index contributed by atoms with van der Waals surface area (Å²) in [7, 11) is -1.21. The summed E-state index contributed by atoms with van der Waals surface area (Å²) in [5.74, 6) is 2.02. The Morgan fingerprint density at radius 3 is 2.61 bits per heavy atom. The Labute approximate surface area is 250 Å². The number of ether oxygens (including phenoxy) is 3. The van der Waals surface area contributed by atoms with Gasteiger partial charge in [-0.1, -0.05) is 44.6 Å². The van der Waals surface area contributed by atoms with Gasteiger partial charge in [-0.2, -0.15) is 0 Å². The number of halogens is 1. The molecule has 3 aromatic rings. The quantitative estimate of drug-likeness (QED) is 0.0861. The molecule has 1 aliphatic rings. The first kappa shape index (κ1) is 31.1. The third-order valence-electron chi connectivity index (χ3n) is 7.29. The maximum Gasteiger partial charge on any atom is 0.409 e. The molecule has 0 saturated carbocycles. The van der Waals surface area contributed by atoms with Gasteiger partial charge in [0.25, 0.3) is 0 Å². The number of benzene rings is 1. The SMILES string of the molecule is CCCCOC(=O)N1CCC(COc2ccc3c(N(COCC[Si](C)(C)C)c4ccc(Cl)nc4)nccc3c2)CC1. The first-order valence-corrected chi connectivity index (χ1v) is 18.7. The second-order valence-corrected chi connectivity index (χ2v) is 17.9. The number of carbonyl (C=O) groups excluding carboxylic acids is 1. The van der Waals surface area contributed by atoms with Gasteiger partial charge in [0.1, 0.15) is 23.5 Å². The largest absolute Gasteiger partial charge is 0.493 e. The normalized spacial score (nSPS) is 14.3. The van der Waals surface area contributed by atoms with Gasteiger partial charge in [-0.3, -0.25) is 0 Å². The lowest BCUT2D eigenvalue weighted by molar-refractivity contribution is 0.0800. The maximum absolute atomic E-state index is 12.2. The standard InChI is InChI=1S/C31H43ClN4O4Si/c1-5-6-17-39-31(37)35-15-12-24(13-16-35)22-40-27-8-9-28-25(20-27)11-14-33-30(28)36(23-38-18-19-41(2,3)4)26-7-10-29(32)34-21-26/h7-11,14,20-21,24H,5-6,12-13,15-19,22-23H2,1-4H3. The van der Waals surface area contributed by atoms with E-state index in [4.69, 9.17) is 30.8 Å². The van der Waals surface area contributed by atoms with Gasteiger partial charge in [-0.05, 0) is 73.0 Å². The van der Waals surface area contributed by atoms with E-state index in [2.05, 4.69) is 43.7 Å². The van der Waals surface area contributed by atoms with Crippen LogP contribution in [-0.4, -0.2) is 68.7 Å². The lowest BCUT2D eigenvalue weighted by Crippen LogP contribution is -2.40. The van der Waals surface area contributed by atoms with Crippen LogP contribution in [0.4, 0.5) is 16.3 Å². The molecule has 0 radical (unpaired) electrons. The monoisotopic (exact) mass is 598 g/mol. The summed E-state index contributed by atoms with van der Waals surface area (Å²) >= 11 is 6.07. The molecule has 222 valence electrons. The second-order valence-electron chi connectivity index (χ2n) is 11.8. The van der Waals surface area contributed by atoms with E-state index >= 15 is 0 Å². The summed E-state index contributed by atoms with van der Waals surface area (Å²) in [6, 6.07) is 12.9. The molecule has 2 aromatic heterocycles. The number of anilines is 2. The average Bonchev–Trinajstić information content (AvgIpc) is 2.96. The predicted molar refractivity (Wildman–Crippen MR) is 168 cm³/mol. The van der Waals surface area contributed by atoms with E-state index in [0.717, 1.165) is 59.8 Å². The topological polar surface area (TPSA) is 77.0 Å². The molecule has 4 rings (SSSR count). The van der Waals surface area contributed by atoms with Gasteiger partial charge < -0.3 is 24.0 Å². The number of carbonyl (C=O) groups is 1. The fraction of sp³-hybridized carbons (Fsp3) is 0.516. The van der Waals surface area contributed by atoms with E-state index < -0.39 is 8.07 Å². The highest BCUT2D eigenvalue weighted by molar-refractivity contribution is 6.76. The molecular weight excluding hydrogens is 556 g/mol. The van der Waals surface area contributed by atoms with Crippen molar-refractivity contribution in [3.05, 3.63) is 53.9 Å². The molecular formula is C31H43ClN4O4Si. The van der Waals surface area contributed by atoms with Crippen LogP contribution in [0.25, 0.3) is 10.8 Å². The fourth-order valence-corrected chi connectivity index (χ4v) is 5.52. The molecule has 1 fully saturated rings. The van der Waals surface area contributed by atoms with Crippen molar-refractivity contribution in [2.75, 3.05) is 44.5 Å². The van der Waals surface area contributed by atoms with Crippen LogP contribution >= 0.6 is 11.6 Å². The van der Waals surface area contributed by atoms with E-state index in [1.165, 1.54) is 0 Å². The summed E-state index contributed by atoms with van der Waals surface area (Å²) in [5, 5.41) is 2.48. The molecule has 8 nitrogen and oxygen atoms in total. The minimum Gasteiger partial charge on any atom is -0.493 e. The molecule has 41 heavy (non-hydrogen) atoms. The predicted octanol–water partition coefficient (Wildman–Crippen LogP) is 7.76. The van der Waals surface area contributed by atoms with E-state index in [1.807, 2.05) is 34.2 Å². The molecule has 1 saturated heterocycles. The van der Waals surface area contributed by atoms with E-state index in [0.29, 0.717) is 50.7 Å². The van der Waals surface area contributed by atoms with E-state index in [1.54, 1.807) is 12.3 Å². The van der Waals surface area contributed by atoms with Gasteiger partial charge in [0, 0.05) is 39.4 Å².